The summed E-state index contributed by atoms with van der Waals surface area (Å²) in [6, 6.07) is 8.74. The van der Waals surface area contributed by atoms with Crippen LogP contribution < -0.4 is 14.8 Å². The molecule has 2 N–H and O–H groups in total. The minimum Gasteiger partial charge on any atom is -0.507 e. The molecule has 1 aliphatic heterocycles. The van der Waals surface area contributed by atoms with Crippen molar-refractivity contribution in [2.75, 3.05) is 19.5 Å². The van der Waals surface area contributed by atoms with E-state index in [-0.39, 0.29) is 11.7 Å². The van der Waals surface area contributed by atoms with Crippen molar-refractivity contribution in [3.8, 4) is 17.2 Å². The third-order valence-electron chi connectivity index (χ3n) is 3.79. The second kappa shape index (κ2) is 5.68. The van der Waals surface area contributed by atoms with E-state index >= 15 is 0 Å². The molecule has 0 radical (unpaired) electrons. The number of aryl methyl sites for hydroxylation is 1. The number of benzene rings is 2. The molecular formula is C18H17NO4. The molecule has 2 aromatic rings. The summed E-state index contributed by atoms with van der Waals surface area (Å²) in [6.07, 6.45) is 1.68. The first kappa shape index (κ1) is 15.0. The quantitative estimate of drug-likeness (QED) is 0.854. The molecule has 23 heavy (non-hydrogen) atoms. The van der Waals surface area contributed by atoms with Crippen molar-refractivity contribution in [2.45, 2.75) is 6.92 Å². The molecule has 5 heteroatoms. The van der Waals surface area contributed by atoms with E-state index in [0.29, 0.717) is 33.9 Å². The van der Waals surface area contributed by atoms with Gasteiger partial charge in [-0.2, -0.15) is 0 Å². The zero-order valence-corrected chi connectivity index (χ0v) is 13.1. The zero-order chi connectivity index (χ0) is 16.6. The molecule has 0 aliphatic carbocycles. The van der Waals surface area contributed by atoms with Crippen molar-refractivity contribution in [1.82, 2.24) is 0 Å². The molecule has 0 bridgehead atoms. The normalized spacial score (nSPS) is 14.6. The predicted molar refractivity (Wildman–Crippen MR) is 88.9 cm³/mol. The lowest BCUT2D eigenvalue weighted by atomic mass is 10.0. The molecule has 0 atom stereocenters. The van der Waals surface area contributed by atoms with E-state index in [0.717, 1.165) is 5.56 Å². The first-order chi connectivity index (χ1) is 11.0. The van der Waals surface area contributed by atoms with Gasteiger partial charge in [0.1, 0.15) is 5.75 Å². The summed E-state index contributed by atoms with van der Waals surface area (Å²) in [5, 5.41) is 12.8. The number of carbonyl (C=O) groups excluding carboxylic acids is 1. The van der Waals surface area contributed by atoms with Crippen molar-refractivity contribution in [3.63, 3.8) is 0 Å². The summed E-state index contributed by atoms with van der Waals surface area (Å²) in [5.41, 5.74) is 3.44. The molecule has 1 heterocycles. The highest BCUT2D eigenvalue weighted by molar-refractivity contribution is 6.35. The fraction of sp³-hybridized carbons (Fsp3) is 0.167. The number of rotatable bonds is 3. The van der Waals surface area contributed by atoms with Gasteiger partial charge >= 0.3 is 0 Å². The molecule has 1 amide bonds. The van der Waals surface area contributed by atoms with Crippen LogP contribution >= 0.6 is 0 Å². The van der Waals surface area contributed by atoms with Gasteiger partial charge in [-0.05, 0) is 31.2 Å². The number of hydrogen-bond acceptors (Lipinski definition) is 4. The third kappa shape index (κ3) is 2.61. The lowest BCUT2D eigenvalue weighted by Gasteiger charge is -2.09. The van der Waals surface area contributed by atoms with Gasteiger partial charge in [0.2, 0.25) is 0 Å². The van der Waals surface area contributed by atoms with Crippen LogP contribution in [0.1, 0.15) is 16.7 Å². The molecule has 0 saturated carbocycles. The smallest absolute Gasteiger partial charge is 0.256 e. The Morgan fingerprint density at radius 2 is 1.78 bits per heavy atom. The Hall–Kier alpha value is -2.95. The van der Waals surface area contributed by atoms with Crippen LogP contribution in [0.2, 0.25) is 0 Å². The van der Waals surface area contributed by atoms with Gasteiger partial charge in [-0.3, -0.25) is 4.79 Å². The van der Waals surface area contributed by atoms with Crippen LogP contribution in [0.4, 0.5) is 5.69 Å². The Bertz CT molecular complexity index is 824. The van der Waals surface area contributed by atoms with Gasteiger partial charge in [-0.15, -0.1) is 0 Å². The first-order valence-corrected chi connectivity index (χ1v) is 7.12. The molecule has 0 aromatic heterocycles. The number of fused-ring (bicyclic) bond motifs is 1. The summed E-state index contributed by atoms with van der Waals surface area (Å²) < 4.78 is 10.5. The fourth-order valence-corrected chi connectivity index (χ4v) is 2.61. The van der Waals surface area contributed by atoms with Gasteiger partial charge in [-0.25, -0.2) is 0 Å². The third-order valence-corrected chi connectivity index (χ3v) is 3.79. The summed E-state index contributed by atoms with van der Waals surface area (Å²) in [7, 11) is 3.09. The number of nitrogens with one attached hydrogen (secondary N) is 1. The fourth-order valence-electron chi connectivity index (χ4n) is 2.61. The Morgan fingerprint density at radius 3 is 2.48 bits per heavy atom. The van der Waals surface area contributed by atoms with E-state index in [9.17, 15) is 9.90 Å². The second-order valence-corrected chi connectivity index (χ2v) is 5.33. The topological polar surface area (TPSA) is 67.8 Å². The van der Waals surface area contributed by atoms with Gasteiger partial charge in [0.25, 0.3) is 5.91 Å². The second-order valence-electron chi connectivity index (χ2n) is 5.33. The number of ether oxygens (including phenoxy) is 2. The van der Waals surface area contributed by atoms with Crippen LogP contribution in [0.5, 0.6) is 17.2 Å². The van der Waals surface area contributed by atoms with E-state index < -0.39 is 0 Å². The highest BCUT2D eigenvalue weighted by Crippen LogP contribution is 2.41. The van der Waals surface area contributed by atoms with E-state index in [1.165, 1.54) is 0 Å². The van der Waals surface area contributed by atoms with E-state index in [1.807, 2.05) is 19.1 Å². The van der Waals surface area contributed by atoms with Crippen molar-refractivity contribution >= 4 is 23.2 Å². The minimum atomic E-state index is -0.226. The molecule has 3 rings (SSSR count). The average molecular weight is 311 g/mol. The van der Waals surface area contributed by atoms with Gasteiger partial charge in [0.15, 0.2) is 11.5 Å². The Morgan fingerprint density at radius 1 is 1.09 bits per heavy atom. The number of methoxy groups -OCH3 is 2. The monoisotopic (exact) mass is 311 g/mol. The molecule has 1 aliphatic rings. The number of amides is 1. The molecule has 0 unspecified atom stereocenters. The SMILES string of the molecule is COc1cc2c(cc1OC)/C(=C\c1cc(C)ccc1O)C(=O)N2. The van der Waals surface area contributed by atoms with Crippen LogP contribution in [0, 0.1) is 6.92 Å². The molecule has 0 spiro atoms. The van der Waals surface area contributed by atoms with Gasteiger partial charge < -0.3 is 19.9 Å². The molecule has 118 valence electrons. The van der Waals surface area contributed by atoms with E-state index in [4.69, 9.17) is 9.47 Å². The Balaban J connectivity index is 2.15. The van der Waals surface area contributed by atoms with Crippen molar-refractivity contribution in [3.05, 3.63) is 47.0 Å². The number of phenols is 1. The highest BCUT2D eigenvalue weighted by atomic mass is 16.5. The molecule has 0 fully saturated rings. The van der Waals surface area contributed by atoms with Crippen molar-refractivity contribution in [2.24, 2.45) is 0 Å². The number of hydrogen-bond donors (Lipinski definition) is 2. The molecular weight excluding hydrogens is 294 g/mol. The van der Waals surface area contributed by atoms with Crippen LogP contribution in [0.15, 0.2) is 30.3 Å². The maximum Gasteiger partial charge on any atom is 0.256 e. The maximum atomic E-state index is 12.3. The summed E-state index contributed by atoms with van der Waals surface area (Å²) in [6.45, 7) is 1.93. The molecule has 0 saturated heterocycles. The summed E-state index contributed by atoms with van der Waals surface area (Å²) in [5.74, 6) is 0.995. The zero-order valence-electron chi connectivity index (χ0n) is 13.1. The minimum absolute atomic E-state index is 0.129. The van der Waals surface area contributed by atoms with E-state index in [2.05, 4.69) is 5.32 Å². The lowest BCUT2D eigenvalue weighted by Crippen LogP contribution is -2.03. The van der Waals surface area contributed by atoms with Crippen LogP contribution in [0.3, 0.4) is 0 Å². The standard InChI is InChI=1S/C18H17NO4/c1-10-4-5-15(20)11(6-10)7-13-12-8-16(22-2)17(23-3)9-14(12)19-18(13)21/h4-9,20H,1-3H3,(H,19,21)/b13-7+. The predicted octanol–water partition coefficient (Wildman–Crippen LogP) is 3.21. The van der Waals surface area contributed by atoms with Gasteiger partial charge in [0, 0.05) is 22.8 Å². The number of carbonyl (C=O) groups is 1. The average Bonchev–Trinajstić information content (AvgIpc) is 2.84. The summed E-state index contributed by atoms with van der Waals surface area (Å²) >= 11 is 0. The molecule has 2 aromatic carbocycles. The van der Waals surface area contributed by atoms with Crippen molar-refractivity contribution in [1.29, 1.82) is 0 Å². The maximum absolute atomic E-state index is 12.3. The Labute approximate surface area is 134 Å². The van der Waals surface area contributed by atoms with Gasteiger partial charge in [0.05, 0.1) is 19.9 Å². The van der Waals surface area contributed by atoms with Crippen LogP contribution in [-0.2, 0) is 4.79 Å². The number of aromatic hydroxyl groups is 1. The molecule has 5 nitrogen and oxygen atoms in total. The largest absolute Gasteiger partial charge is 0.507 e. The van der Waals surface area contributed by atoms with Crippen LogP contribution in [0.25, 0.3) is 11.6 Å². The van der Waals surface area contributed by atoms with Crippen molar-refractivity contribution < 1.29 is 19.4 Å². The summed E-state index contributed by atoms with van der Waals surface area (Å²) in [4.78, 5) is 12.3. The number of phenolic OH excluding ortho intramolecular Hbond substituents is 1. The lowest BCUT2D eigenvalue weighted by molar-refractivity contribution is -0.110. The van der Waals surface area contributed by atoms with Gasteiger partial charge in [-0.1, -0.05) is 11.6 Å². The Kier molecular flexibility index (Phi) is 3.70. The van der Waals surface area contributed by atoms with Crippen LogP contribution in [-0.4, -0.2) is 25.2 Å². The van der Waals surface area contributed by atoms with E-state index in [1.54, 1.807) is 38.5 Å². The number of anilines is 1. The highest BCUT2D eigenvalue weighted by Gasteiger charge is 2.26. The first-order valence-electron chi connectivity index (χ1n) is 7.12.